The summed E-state index contributed by atoms with van der Waals surface area (Å²) in [5.41, 5.74) is 2.16. The summed E-state index contributed by atoms with van der Waals surface area (Å²) in [5, 5.41) is 3.48. The molecule has 4 heteroatoms. The first-order valence-electron chi connectivity index (χ1n) is 9.62. The van der Waals surface area contributed by atoms with Crippen LogP contribution in [0.25, 0.3) is 11.1 Å². The molecule has 0 unspecified atom stereocenters. The van der Waals surface area contributed by atoms with Crippen molar-refractivity contribution in [2.24, 2.45) is 5.92 Å². The Hall–Kier alpha value is -2.10. The Labute approximate surface area is 150 Å². The third-order valence-electron chi connectivity index (χ3n) is 5.54. The Kier molecular flexibility index (Phi) is 4.86. The maximum absolute atomic E-state index is 5.91. The molecule has 0 atom stereocenters. The molecule has 0 saturated heterocycles. The summed E-state index contributed by atoms with van der Waals surface area (Å²) < 4.78 is 5.91. The molecule has 1 aromatic carbocycles. The second-order valence-corrected chi connectivity index (χ2v) is 7.59. The summed E-state index contributed by atoms with van der Waals surface area (Å²) in [7, 11) is 0. The molecule has 1 N–H and O–H groups in total. The first kappa shape index (κ1) is 16.4. The molecule has 132 valence electrons. The van der Waals surface area contributed by atoms with E-state index in [1.165, 1.54) is 44.9 Å². The van der Waals surface area contributed by atoms with Gasteiger partial charge in [-0.1, -0.05) is 19.1 Å². The van der Waals surface area contributed by atoms with Crippen LogP contribution in [-0.2, 0) is 0 Å². The van der Waals surface area contributed by atoms with Gasteiger partial charge < -0.3 is 10.1 Å². The normalized spacial score (nSPS) is 23.7. The molecule has 0 radical (unpaired) electrons. The topological polar surface area (TPSA) is 47.0 Å². The zero-order valence-corrected chi connectivity index (χ0v) is 14.9. The fourth-order valence-corrected chi connectivity index (χ4v) is 3.55. The average molecular weight is 337 g/mol. The number of hydrogen-bond donors (Lipinski definition) is 1. The molecule has 25 heavy (non-hydrogen) atoms. The predicted molar refractivity (Wildman–Crippen MR) is 101 cm³/mol. The largest absolute Gasteiger partial charge is 0.490 e. The van der Waals surface area contributed by atoms with Gasteiger partial charge in [-0.3, -0.25) is 0 Å². The highest BCUT2D eigenvalue weighted by molar-refractivity contribution is 5.62. The highest BCUT2D eigenvalue weighted by Gasteiger charge is 2.19. The molecular weight excluding hydrogens is 310 g/mol. The standard InChI is InChI=1S/C21H27N3O/c1-15-5-9-18(10-6-15)24-21-22-13-17(14-23-21)16-7-11-20(12-8-16)25-19-3-2-4-19/h7-8,11-15,18-19H,2-6,9-10H2,1H3,(H,22,23,24). The van der Waals surface area contributed by atoms with Gasteiger partial charge >= 0.3 is 0 Å². The Balaban J connectivity index is 1.36. The van der Waals surface area contributed by atoms with Crippen molar-refractivity contribution >= 4 is 5.95 Å². The van der Waals surface area contributed by atoms with Gasteiger partial charge in [0, 0.05) is 24.0 Å². The van der Waals surface area contributed by atoms with Gasteiger partial charge in [0.1, 0.15) is 5.75 Å². The molecule has 4 rings (SSSR count). The van der Waals surface area contributed by atoms with E-state index in [2.05, 4.69) is 34.3 Å². The molecule has 0 bridgehead atoms. The second kappa shape index (κ2) is 7.42. The van der Waals surface area contributed by atoms with Crippen molar-refractivity contribution in [1.82, 2.24) is 9.97 Å². The van der Waals surface area contributed by atoms with Crippen molar-refractivity contribution in [2.75, 3.05) is 5.32 Å². The number of nitrogens with zero attached hydrogens (tertiary/aromatic N) is 2. The smallest absolute Gasteiger partial charge is 0.222 e. The number of hydrogen-bond acceptors (Lipinski definition) is 4. The van der Waals surface area contributed by atoms with Crippen LogP contribution in [0.2, 0.25) is 0 Å². The van der Waals surface area contributed by atoms with Crippen LogP contribution in [-0.4, -0.2) is 22.1 Å². The van der Waals surface area contributed by atoms with E-state index in [0.29, 0.717) is 12.1 Å². The average Bonchev–Trinajstić information content (AvgIpc) is 2.61. The van der Waals surface area contributed by atoms with Crippen molar-refractivity contribution in [3.05, 3.63) is 36.7 Å². The van der Waals surface area contributed by atoms with E-state index >= 15 is 0 Å². The summed E-state index contributed by atoms with van der Waals surface area (Å²) in [5.74, 6) is 2.56. The van der Waals surface area contributed by atoms with Gasteiger partial charge in [0.15, 0.2) is 0 Å². The van der Waals surface area contributed by atoms with E-state index in [1.54, 1.807) is 0 Å². The number of benzene rings is 1. The summed E-state index contributed by atoms with van der Waals surface area (Å²) in [6, 6.07) is 8.78. The van der Waals surface area contributed by atoms with E-state index in [4.69, 9.17) is 4.74 Å². The molecule has 2 aliphatic rings. The maximum Gasteiger partial charge on any atom is 0.222 e. The number of anilines is 1. The van der Waals surface area contributed by atoms with E-state index in [0.717, 1.165) is 28.7 Å². The molecule has 2 aliphatic carbocycles. The Morgan fingerprint density at radius 3 is 2.16 bits per heavy atom. The van der Waals surface area contributed by atoms with Gasteiger partial charge in [0.2, 0.25) is 5.95 Å². The molecule has 0 aliphatic heterocycles. The third kappa shape index (κ3) is 4.12. The van der Waals surface area contributed by atoms with Crippen LogP contribution in [0.3, 0.4) is 0 Å². The zero-order chi connectivity index (χ0) is 17.1. The van der Waals surface area contributed by atoms with Gasteiger partial charge in [-0.05, 0) is 68.6 Å². The Bertz CT molecular complexity index is 671. The van der Waals surface area contributed by atoms with Crippen molar-refractivity contribution in [3.63, 3.8) is 0 Å². The minimum absolute atomic E-state index is 0.419. The molecule has 1 aromatic heterocycles. The summed E-state index contributed by atoms with van der Waals surface area (Å²) in [6.07, 6.45) is 12.9. The third-order valence-corrected chi connectivity index (χ3v) is 5.54. The van der Waals surface area contributed by atoms with Crippen molar-refractivity contribution in [1.29, 1.82) is 0 Å². The quantitative estimate of drug-likeness (QED) is 0.828. The van der Waals surface area contributed by atoms with Crippen LogP contribution in [0.15, 0.2) is 36.7 Å². The molecule has 0 amide bonds. The van der Waals surface area contributed by atoms with Gasteiger partial charge in [-0.2, -0.15) is 0 Å². The van der Waals surface area contributed by atoms with Crippen LogP contribution in [0.5, 0.6) is 5.75 Å². The molecule has 0 spiro atoms. The Morgan fingerprint density at radius 2 is 1.56 bits per heavy atom. The first-order valence-corrected chi connectivity index (χ1v) is 9.62. The molecule has 2 aromatic rings. The summed E-state index contributed by atoms with van der Waals surface area (Å²) >= 11 is 0. The number of ether oxygens (including phenoxy) is 1. The van der Waals surface area contributed by atoms with E-state index in [1.807, 2.05) is 24.5 Å². The maximum atomic E-state index is 5.91. The minimum atomic E-state index is 0.419. The summed E-state index contributed by atoms with van der Waals surface area (Å²) in [6.45, 7) is 2.34. The Morgan fingerprint density at radius 1 is 0.880 bits per heavy atom. The van der Waals surface area contributed by atoms with Crippen molar-refractivity contribution in [2.45, 2.75) is 64.0 Å². The SMILES string of the molecule is CC1CCC(Nc2ncc(-c3ccc(OC4CCC4)cc3)cn2)CC1. The lowest BCUT2D eigenvalue weighted by Gasteiger charge is -2.26. The minimum Gasteiger partial charge on any atom is -0.490 e. The van der Waals surface area contributed by atoms with Crippen LogP contribution >= 0.6 is 0 Å². The van der Waals surface area contributed by atoms with Crippen LogP contribution in [0.1, 0.15) is 51.9 Å². The van der Waals surface area contributed by atoms with Gasteiger partial charge in [0.05, 0.1) is 6.10 Å². The molecular formula is C21H27N3O. The molecule has 4 nitrogen and oxygen atoms in total. The highest BCUT2D eigenvalue weighted by Crippen LogP contribution is 2.28. The van der Waals surface area contributed by atoms with E-state index in [-0.39, 0.29) is 0 Å². The first-order chi connectivity index (χ1) is 12.3. The lowest BCUT2D eigenvalue weighted by molar-refractivity contribution is 0.120. The lowest BCUT2D eigenvalue weighted by Crippen LogP contribution is -2.26. The second-order valence-electron chi connectivity index (χ2n) is 7.59. The molecule has 1 heterocycles. The van der Waals surface area contributed by atoms with E-state index in [9.17, 15) is 0 Å². The van der Waals surface area contributed by atoms with Crippen LogP contribution in [0, 0.1) is 5.92 Å². The van der Waals surface area contributed by atoms with Crippen molar-refractivity contribution < 1.29 is 4.74 Å². The fraction of sp³-hybridized carbons (Fsp3) is 0.524. The zero-order valence-electron chi connectivity index (χ0n) is 14.9. The summed E-state index contributed by atoms with van der Waals surface area (Å²) in [4.78, 5) is 9.02. The van der Waals surface area contributed by atoms with Crippen LogP contribution in [0.4, 0.5) is 5.95 Å². The predicted octanol–water partition coefficient (Wildman–Crippen LogP) is 5.07. The van der Waals surface area contributed by atoms with Gasteiger partial charge in [-0.25, -0.2) is 9.97 Å². The van der Waals surface area contributed by atoms with E-state index < -0.39 is 0 Å². The fourth-order valence-electron chi connectivity index (χ4n) is 3.55. The number of aromatic nitrogens is 2. The number of rotatable bonds is 5. The molecule has 2 saturated carbocycles. The lowest BCUT2D eigenvalue weighted by atomic mass is 9.87. The highest BCUT2D eigenvalue weighted by atomic mass is 16.5. The van der Waals surface area contributed by atoms with Crippen molar-refractivity contribution in [3.8, 4) is 16.9 Å². The monoisotopic (exact) mass is 337 g/mol. The molecule has 2 fully saturated rings. The van der Waals surface area contributed by atoms with Gasteiger partial charge in [0.25, 0.3) is 0 Å². The van der Waals surface area contributed by atoms with Crippen LogP contribution < -0.4 is 10.1 Å². The number of nitrogens with one attached hydrogen (secondary N) is 1. The van der Waals surface area contributed by atoms with Gasteiger partial charge in [-0.15, -0.1) is 0 Å².